The summed E-state index contributed by atoms with van der Waals surface area (Å²) in [6, 6.07) is 15.6. The van der Waals surface area contributed by atoms with E-state index < -0.39 is 0 Å². The van der Waals surface area contributed by atoms with Gasteiger partial charge in [-0.25, -0.2) is 9.07 Å². The first-order valence-electron chi connectivity index (χ1n) is 7.82. The molecule has 0 atom stereocenters. The lowest BCUT2D eigenvalue weighted by atomic mass is 10.2. The highest BCUT2D eigenvalue weighted by Crippen LogP contribution is 2.18. The third-order valence-electron chi connectivity index (χ3n) is 3.56. The predicted molar refractivity (Wildman–Crippen MR) is 95.3 cm³/mol. The quantitative estimate of drug-likeness (QED) is 0.597. The average molecular weight is 359 g/mol. The van der Waals surface area contributed by atoms with Crippen LogP contribution in [0, 0.1) is 10.7 Å². The van der Waals surface area contributed by atoms with Crippen LogP contribution in [0.25, 0.3) is 11.5 Å². The second kappa shape index (κ2) is 8.04. The van der Waals surface area contributed by atoms with Gasteiger partial charge in [-0.3, -0.25) is 4.90 Å². The molecule has 0 radical (unpaired) electrons. The number of halogens is 1. The standard InChI is InChI=1S/C18H18FN3O2S/c1-21(11-12-23-16-5-3-2-4-6-16)13-22-18(25)24-17(20-22)14-7-9-15(19)10-8-14/h2-10H,11-13H2,1H3. The van der Waals surface area contributed by atoms with Crippen LogP contribution in [-0.4, -0.2) is 34.9 Å². The molecule has 0 aliphatic rings. The molecule has 0 saturated heterocycles. The van der Waals surface area contributed by atoms with Crippen LogP contribution in [0.2, 0.25) is 0 Å². The molecule has 0 aliphatic heterocycles. The fourth-order valence-electron chi connectivity index (χ4n) is 2.24. The van der Waals surface area contributed by atoms with Crippen molar-refractivity contribution in [2.24, 2.45) is 0 Å². The van der Waals surface area contributed by atoms with Gasteiger partial charge in [0, 0.05) is 12.1 Å². The van der Waals surface area contributed by atoms with Gasteiger partial charge in [0.25, 0.3) is 4.84 Å². The van der Waals surface area contributed by atoms with Crippen molar-refractivity contribution in [1.82, 2.24) is 14.7 Å². The average Bonchev–Trinajstić information content (AvgIpc) is 2.97. The van der Waals surface area contributed by atoms with Crippen molar-refractivity contribution in [2.75, 3.05) is 20.2 Å². The number of para-hydroxylation sites is 1. The highest BCUT2D eigenvalue weighted by Gasteiger charge is 2.10. The normalized spacial score (nSPS) is 11.0. The highest BCUT2D eigenvalue weighted by atomic mass is 32.1. The van der Waals surface area contributed by atoms with Gasteiger partial charge in [0.15, 0.2) is 0 Å². The fourth-order valence-corrected chi connectivity index (χ4v) is 2.42. The van der Waals surface area contributed by atoms with E-state index in [9.17, 15) is 4.39 Å². The Morgan fingerprint density at radius 2 is 1.88 bits per heavy atom. The smallest absolute Gasteiger partial charge is 0.288 e. The molecule has 1 aromatic heterocycles. The zero-order valence-corrected chi connectivity index (χ0v) is 14.6. The Hall–Kier alpha value is -2.51. The monoisotopic (exact) mass is 359 g/mol. The number of hydrogen-bond acceptors (Lipinski definition) is 5. The second-order valence-electron chi connectivity index (χ2n) is 5.56. The van der Waals surface area contributed by atoms with E-state index in [0.717, 1.165) is 5.75 Å². The van der Waals surface area contributed by atoms with Crippen molar-refractivity contribution in [3.8, 4) is 17.2 Å². The number of rotatable bonds is 7. The molecule has 0 bridgehead atoms. The SMILES string of the molecule is CN(CCOc1ccccc1)Cn1nc(-c2ccc(F)cc2)oc1=S. The van der Waals surface area contributed by atoms with Crippen molar-refractivity contribution in [2.45, 2.75) is 6.67 Å². The molecule has 1 heterocycles. The van der Waals surface area contributed by atoms with Gasteiger partial charge >= 0.3 is 0 Å². The molecule has 0 spiro atoms. The maximum absolute atomic E-state index is 13.0. The van der Waals surface area contributed by atoms with Gasteiger partial charge in [0.2, 0.25) is 5.89 Å². The molecule has 5 nitrogen and oxygen atoms in total. The topological polar surface area (TPSA) is 43.4 Å². The molecule has 0 saturated carbocycles. The van der Waals surface area contributed by atoms with E-state index in [2.05, 4.69) is 5.10 Å². The van der Waals surface area contributed by atoms with Gasteiger partial charge in [0.05, 0.1) is 6.67 Å². The van der Waals surface area contributed by atoms with Crippen LogP contribution in [0.1, 0.15) is 0 Å². The van der Waals surface area contributed by atoms with E-state index in [-0.39, 0.29) is 10.7 Å². The molecule has 0 N–H and O–H groups in total. The van der Waals surface area contributed by atoms with Crippen molar-refractivity contribution < 1.29 is 13.5 Å². The second-order valence-corrected chi connectivity index (χ2v) is 5.91. The molecule has 130 valence electrons. The first kappa shape index (κ1) is 17.3. The Balaban J connectivity index is 1.57. The van der Waals surface area contributed by atoms with Crippen LogP contribution in [0.5, 0.6) is 5.75 Å². The maximum Gasteiger partial charge on any atom is 0.288 e. The first-order valence-corrected chi connectivity index (χ1v) is 8.23. The van der Waals surface area contributed by atoms with Crippen molar-refractivity contribution in [3.05, 3.63) is 65.3 Å². The molecular weight excluding hydrogens is 341 g/mol. The lowest BCUT2D eigenvalue weighted by Crippen LogP contribution is -2.27. The molecular formula is C18H18FN3O2S. The van der Waals surface area contributed by atoms with E-state index in [4.69, 9.17) is 21.4 Å². The molecule has 0 unspecified atom stereocenters. The van der Waals surface area contributed by atoms with Crippen LogP contribution >= 0.6 is 12.2 Å². The summed E-state index contributed by atoms with van der Waals surface area (Å²) in [5.41, 5.74) is 0.682. The molecule has 0 aliphatic carbocycles. The lowest BCUT2D eigenvalue weighted by molar-refractivity contribution is 0.196. The van der Waals surface area contributed by atoms with E-state index in [1.807, 2.05) is 42.3 Å². The van der Waals surface area contributed by atoms with Crippen molar-refractivity contribution in [1.29, 1.82) is 0 Å². The predicted octanol–water partition coefficient (Wildman–Crippen LogP) is 3.98. The largest absolute Gasteiger partial charge is 0.492 e. The van der Waals surface area contributed by atoms with E-state index in [1.54, 1.807) is 16.8 Å². The molecule has 2 aromatic carbocycles. The summed E-state index contributed by atoms with van der Waals surface area (Å²) in [7, 11) is 1.95. The lowest BCUT2D eigenvalue weighted by Gasteiger charge is -2.16. The van der Waals surface area contributed by atoms with E-state index >= 15 is 0 Å². The molecule has 3 aromatic rings. The van der Waals surface area contributed by atoms with Gasteiger partial charge in [-0.2, -0.15) is 0 Å². The molecule has 0 amide bonds. The fraction of sp³-hybridized carbons (Fsp3) is 0.222. The van der Waals surface area contributed by atoms with Gasteiger partial charge in [0.1, 0.15) is 18.2 Å². The Kier molecular flexibility index (Phi) is 5.57. The van der Waals surface area contributed by atoms with Crippen LogP contribution in [-0.2, 0) is 6.67 Å². The summed E-state index contributed by atoms with van der Waals surface area (Å²) >= 11 is 5.21. The van der Waals surface area contributed by atoms with E-state index in [0.29, 0.717) is 31.3 Å². The third-order valence-corrected chi connectivity index (χ3v) is 3.85. The highest BCUT2D eigenvalue weighted by molar-refractivity contribution is 7.71. The summed E-state index contributed by atoms with van der Waals surface area (Å²) in [6.07, 6.45) is 0. The summed E-state index contributed by atoms with van der Waals surface area (Å²) in [6.45, 7) is 1.73. The zero-order chi connectivity index (χ0) is 17.6. The Morgan fingerprint density at radius 3 is 2.60 bits per heavy atom. The molecule has 3 rings (SSSR count). The van der Waals surface area contributed by atoms with Crippen LogP contribution in [0.4, 0.5) is 4.39 Å². The minimum absolute atomic E-state index is 0.273. The number of benzene rings is 2. The minimum atomic E-state index is -0.306. The summed E-state index contributed by atoms with van der Waals surface area (Å²) in [5, 5.41) is 4.36. The summed E-state index contributed by atoms with van der Waals surface area (Å²) < 4.78 is 25.8. The minimum Gasteiger partial charge on any atom is -0.492 e. The summed E-state index contributed by atoms with van der Waals surface area (Å²) in [5.74, 6) is 0.909. The van der Waals surface area contributed by atoms with Gasteiger partial charge in [-0.15, -0.1) is 5.10 Å². The third kappa shape index (κ3) is 4.74. The molecule has 7 heteroatoms. The zero-order valence-electron chi connectivity index (χ0n) is 13.8. The van der Waals surface area contributed by atoms with Crippen molar-refractivity contribution >= 4 is 12.2 Å². The van der Waals surface area contributed by atoms with Crippen LogP contribution in [0.15, 0.2) is 59.0 Å². The number of aromatic nitrogens is 2. The van der Waals surface area contributed by atoms with E-state index in [1.165, 1.54) is 12.1 Å². The number of ether oxygens (including phenoxy) is 1. The van der Waals surface area contributed by atoms with Crippen molar-refractivity contribution in [3.63, 3.8) is 0 Å². The van der Waals surface area contributed by atoms with Gasteiger partial charge < -0.3 is 9.15 Å². The Bertz CT molecular complexity index is 862. The number of hydrogen-bond donors (Lipinski definition) is 0. The first-order chi connectivity index (χ1) is 12.1. The summed E-state index contributed by atoms with van der Waals surface area (Å²) in [4.78, 5) is 2.30. The number of nitrogens with zero attached hydrogens (tertiary/aromatic N) is 3. The van der Waals surface area contributed by atoms with Gasteiger partial charge in [-0.1, -0.05) is 18.2 Å². The van der Waals surface area contributed by atoms with Crippen LogP contribution < -0.4 is 4.74 Å². The van der Waals surface area contributed by atoms with Gasteiger partial charge in [-0.05, 0) is 55.7 Å². The Morgan fingerprint density at radius 1 is 1.16 bits per heavy atom. The number of likely N-dealkylation sites (N-methyl/N-ethyl adjacent to an activating group) is 1. The maximum atomic E-state index is 13.0. The Labute approximate surface area is 150 Å². The molecule has 25 heavy (non-hydrogen) atoms. The van der Waals surface area contributed by atoms with Crippen LogP contribution in [0.3, 0.4) is 0 Å². The molecule has 0 fully saturated rings.